The molecule has 0 aliphatic carbocycles. The standard InChI is InChI=1S/C20H22ClN5O/c1-5-8-17(24-4)26(22)19(13(6-2)12-23-3)15-11-16(21)14-9-7-10-25-18(14)20(15)27/h5-12,19,27H,1,4,22H2,2-3H3. The number of hydrogen-bond donors (Lipinski definition) is 2. The number of aromatic nitrogens is 1. The molecular formula is C20H22ClN5O. The quantitative estimate of drug-likeness (QED) is 0.325. The monoisotopic (exact) mass is 383 g/mol. The minimum atomic E-state index is -0.626. The molecule has 27 heavy (non-hydrogen) atoms. The van der Waals surface area contributed by atoms with Gasteiger partial charge in [-0.05, 0) is 43.5 Å². The van der Waals surface area contributed by atoms with Crippen LogP contribution in [0.1, 0.15) is 18.5 Å². The molecule has 0 saturated carbocycles. The van der Waals surface area contributed by atoms with Crippen molar-refractivity contribution in [2.24, 2.45) is 15.8 Å². The van der Waals surface area contributed by atoms with E-state index in [4.69, 9.17) is 17.4 Å². The molecule has 0 aliphatic rings. The summed E-state index contributed by atoms with van der Waals surface area (Å²) in [5, 5.41) is 13.4. The van der Waals surface area contributed by atoms with Gasteiger partial charge in [0, 0.05) is 30.4 Å². The van der Waals surface area contributed by atoms with Gasteiger partial charge in [0.15, 0.2) is 0 Å². The predicted molar refractivity (Wildman–Crippen MR) is 113 cm³/mol. The first-order valence-corrected chi connectivity index (χ1v) is 8.55. The molecule has 0 fully saturated rings. The molecule has 1 unspecified atom stereocenters. The summed E-state index contributed by atoms with van der Waals surface area (Å²) in [5.41, 5.74) is 1.60. The van der Waals surface area contributed by atoms with Gasteiger partial charge in [-0.2, -0.15) is 0 Å². The number of benzene rings is 1. The van der Waals surface area contributed by atoms with Gasteiger partial charge in [0.05, 0.1) is 5.02 Å². The van der Waals surface area contributed by atoms with Gasteiger partial charge in [-0.25, -0.2) is 10.8 Å². The Kier molecular flexibility index (Phi) is 6.87. The number of nitrogens with two attached hydrogens (primary N) is 1. The van der Waals surface area contributed by atoms with Crippen LogP contribution in [0.3, 0.4) is 0 Å². The van der Waals surface area contributed by atoms with Gasteiger partial charge in [0.25, 0.3) is 0 Å². The maximum atomic E-state index is 10.9. The molecule has 7 heteroatoms. The fourth-order valence-corrected chi connectivity index (χ4v) is 3.08. The van der Waals surface area contributed by atoms with Gasteiger partial charge in [0.2, 0.25) is 0 Å². The van der Waals surface area contributed by atoms with Crippen LogP contribution in [0.5, 0.6) is 5.75 Å². The Morgan fingerprint density at radius 1 is 1.48 bits per heavy atom. The van der Waals surface area contributed by atoms with Crippen LogP contribution in [-0.4, -0.2) is 35.1 Å². The first kappa shape index (κ1) is 20.4. The minimum Gasteiger partial charge on any atom is -0.505 e. The van der Waals surface area contributed by atoms with Gasteiger partial charge in [-0.1, -0.05) is 30.3 Å². The van der Waals surface area contributed by atoms with E-state index < -0.39 is 6.04 Å². The maximum Gasteiger partial charge on any atom is 0.147 e. The van der Waals surface area contributed by atoms with Gasteiger partial charge in [-0.15, -0.1) is 0 Å². The normalized spacial score (nSPS) is 13.8. The second kappa shape index (κ2) is 9.12. The molecule has 3 N–H and O–H groups in total. The van der Waals surface area contributed by atoms with E-state index in [0.29, 0.717) is 27.3 Å². The number of phenols is 1. The average molecular weight is 384 g/mol. The number of hydrogen-bond acceptors (Lipinski definition) is 6. The molecule has 6 nitrogen and oxygen atoms in total. The average Bonchev–Trinajstić information content (AvgIpc) is 2.69. The lowest BCUT2D eigenvalue weighted by molar-refractivity contribution is 0.292. The van der Waals surface area contributed by atoms with Crippen molar-refractivity contribution in [2.45, 2.75) is 13.0 Å². The Morgan fingerprint density at radius 3 is 2.81 bits per heavy atom. The van der Waals surface area contributed by atoms with Crippen LogP contribution in [0.25, 0.3) is 10.9 Å². The highest BCUT2D eigenvalue weighted by atomic mass is 35.5. The molecule has 1 atom stereocenters. The number of hydrazine groups is 1. The number of allylic oxidation sites excluding steroid dienone is 3. The SMILES string of the molecule is C=CC=C(N=C)N(N)C(C(C=NC)=CC)c1cc(Cl)c2cccnc2c1O. The molecule has 1 aromatic carbocycles. The van der Waals surface area contributed by atoms with Gasteiger partial charge in [-0.3, -0.25) is 15.0 Å². The Morgan fingerprint density at radius 2 is 2.22 bits per heavy atom. The van der Waals surface area contributed by atoms with Crippen molar-refractivity contribution in [3.63, 3.8) is 0 Å². The third-order valence-electron chi connectivity index (χ3n) is 4.04. The van der Waals surface area contributed by atoms with E-state index >= 15 is 0 Å². The highest BCUT2D eigenvalue weighted by molar-refractivity contribution is 6.35. The molecule has 1 aromatic heterocycles. The summed E-state index contributed by atoms with van der Waals surface area (Å²) in [7, 11) is 1.66. The van der Waals surface area contributed by atoms with Gasteiger partial charge in [0.1, 0.15) is 23.1 Å². The zero-order valence-corrected chi connectivity index (χ0v) is 16.1. The topological polar surface area (TPSA) is 87.1 Å². The van der Waals surface area contributed by atoms with E-state index in [0.717, 1.165) is 5.57 Å². The van der Waals surface area contributed by atoms with E-state index in [9.17, 15) is 5.11 Å². The van der Waals surface area contributed by atoms with Gasteiger partial charge >= 0.3 is 0 Å². The fraction of sp³-hybridized carbons (Fsp3) is 0.150. The largest absolute Gasteiger partial charge is 0.505 e. The van der Waals surface area contributed by atoms with Crippen molar-refractivity contribution in [1.82, 2.24) is 9.99 Å². The molecule has 0 saturated heterocycles. The minimum absolute atomic E-state index is 0.0127. The summed E-state index contributed by atoms with van der Waals surface area (Å²) >= 11 is 6.45. The number of fused-ring (bicyclic) bond motifs is 1. The molecule has 2 rings (SSSR count). The summed E-state index contributed by atoms with van der Waals surface area (Å²) in [6, 6.07) is 4.60. The number of nitrogens with zero attached hydrogens (tertiary/aromatic N) is 4. The smallest absolute Gasteiger partial charge is 0.147 e. The van der Waals surface area contributed by atoms with Crippen molar-refractivity contribution < 1.29 is 5.11 Å². The van der Waals surface area contributed by atoms with Crippen LogP contribution in [0.4, 0.5) is 0 Å². The predicted octanol–water partition coefficient (Wildman–Crippen LogP) is 4.19. The number of rotatable bonds is 7. The van der Waals surface area contributed by atoms with E-state index in [1.54, 1.807) is 49.8 Å². The second-order valence-electron chi connectivity index (χ2n) is 5.60. The zero-order chi connectivity index (χ0) is 20.0. The third kappa shape index (κ3) is 4.07. The number of halogens is 1. The molecule has 0 bridgehead atoms. The molecule has 0 radical (unpaired) electrons. The number of phenolic OH excluding ortho intramolecular Hbond substituents is 1. The summed E-state index contributed by atoms with van der Waals surface area (Å²) in [6.45, 7) is 9.08. The summed E-state index contributed by atoms with van der Waals surface area (Å²) in [6.07, 6.45) is 8.28. The highest BCUT2D eigenvalue weighted by Crippen LogP contribution is 2.40. The third-order valence-corrected chi connectivity index (χ3v) is 4.35. The Balaban J connectivity index is 2.80. The van der Waals surface area contributed by atoms with Crippen LogP contribution >= 0.6 is 11.6 Å². The first-order chi connectivity index (χ1) is 13.0. The molecule has 0 amide bonds. The summed E-state index contributed by atoms with van der Waals surface area (Å²) in [4.78, 5) is 12.3. The maximum absolute atomic E-state index is 10.9. The molecular weight excluding hydrogens is 362 g/mol. The molecule has 1 heterocycles. The van der Waals surface area contributed by atoms with Crippen molar-refractivity contribution >= 4 is 35.4 Å². The lowest BCUT2D eigenvalue weighted by Crippen LogP contribution is -2.35. The zero-order valence-electron chi connectivity index (χ0n) is 15.3. The van der Waals surface area contributed by atoms with E-state index in [-0.39, 0.29) is 5.75 Å². The molecule has 140 valence electrons. The van der Waals surface area contributed by atoms with Crippen LogP contribution in [0.2, 0.25) is 5.02 Å². The Bertz CT molecular complexity index is 949. The van der Waals surface area contributed by atoms with Crippen LogP contribution in [0.15, 0.2) is 70.6 Å². The second-order valence-corrected chi connectivity index (χ2v) is 6.01. The van der Waals surface area contributed by atoms with E-state index in [1.807, 2.05) is 13.0 Å². The lowest BCUT2D eigenvalue weighted by atomic mass is 9.95. The van der Waals surface area contributed by atoms with E-state index in [1.165, 1.54) is 5.01 Å². The van der Waals surface area contributed by atoms with Crippen molar-refractivity contribution in [3.8, 4) is 5.75 Å². The fourth-order valence-electron chi connectivity index (χ4n) is 2.81. The van der Waals surface area contributed by atoms with Crippen molar-refractivity contribution in [1.29, 1.82) is 0 Å². The number of pyridine rings is 1. The summed E-state index contributed by atoms with van der Waals surface area (Å²) in [5.74, 6) is 6.73. The number of aromatic hydroxyl groups is 1. The molecule has 2 aromatic rings. The van der Waals surface area contributed by atoms with Crippen LogP contribution in [0, 0.1) is 0 Å². The van der Waals surface area contributed by atoms with Crippen molar-refractivity contribution in [2.75, 3.05) is 7.05 Å². The van der Waals surface area contributed by atoms with Crippen LogP contribution in [-0.2, 0) is 0 Å². The highest BCUT2D eigenvalue weighted by Gasteiger charge is 2.27. The summed E-state index contributed by atoms with van der Waals surface area (Å²) < 4.78 is 0. The molecule has 0 spiro atoms. The molecule has 0 aliphatic heterocycles. The lowest BCUT2D eigenvalue weighted by Gasteiger charge is -2.31. The van der Waals surface area contributed by atoms with Crippen molar-refractivity contribution in [3.05, 3.63) is 71.2 Å². The van der Waals surface area contributed by atoms with Crippen LogP contribution < -0.4 is 5.84 Å². The van der Waals surface area contributed by atoms with E-state index in [2.05, 4.69) is 28.3 Å². The Labute approximate surface area is 163 Å². The Hall–Kier alpha value is -2.96. The van der Waals surface area contributed by atoms with Gasteiger partial charge < -0.3 is 5.11 Å². The first-order valence-electron chi connectivity index (χ1n) is 8.17. The number of aliphatic imine (C=N–C) groups is 2.